The van der Waals surface area contributed by atoms with Crippen molar-refractivity contribution in [3.05, 3.63) is 58.9 Å². The van der Waals surface area contributed by atoms with Crippen LogP contribution in [0.1, 0.15) is 47.8 Å². The number of benzene rings is 1. The van der Waals surface area contributed by atoms with Crippen LogP contribution < -0.4 is 0 Å². The molecule has 2 aromatic heterocycles. The van der Waals surface area contributed by atoms with Crippen LogP contribution in [0.3, 0.4) is 0 Å². The summed E-state index contributed by atoms with van der Waals surface area (Å²) in [5.74, 6) is -0.271. The molecule has 5 heteroatoms. The number of aromatic nitrogens is 1. The standard InChI is InChI=1S/C20H21FN2OS/c1-22(13-14-5-4-6-15(21)11-14)20(24)18-12-19-17(9-10-25-19)23(18)16-7-2-3-8-16/h4-6,9-12,16H,2-3,7-8,13H2,1H3. The molecule has 1 amide bonds. The maximum absolute atomic E-state index is 13.4. The first-order valence-electron chi connectivity index (χ1n) is 8.72. The molecule has 1 aromatic carbocycles. The molecule has 3 aromatic rings. The first-order chi connectivity index (χ1) is 12.1. The summed E-state index contributed by atoms with van der Waals surface area (Å²) in [6.07, 6.45) is 4.71. The van der Waals surface area contributed by atoms with Crippen LogP contribution in [0.2, 0.25) is 0 Å². The van der Waals surface area contributed by atoms with E-state index in [4.69, 9.17) is 0 Å². The lowest BCUT2D eigenvalue weighted by atomic mass is 10.2. The molecule has 0 unspecified atom stereocenters. The highest BCUT2D eigenvalue weighted by Gasteiger charge is 2.26. The van der Waals surface area contributed by atoms with E-state index in [0.29, 0.717) is 12.6 Å². The second-order valence-corrected chi connectivity index (χ2v) is 7.75. The SMILES string of the molecule is CN(Cc1cccc(F)c1)C(=O)c1cc2sccc2n1C1CCCC1. The monoisotopic (exact) mass is 356 g/mol. The Hall–Kier alpha value is -2.14. The zero-order chi connectivity index (χ0) is 17.4. The number of carbonyl (C=O) groups is 1. The molecule has 1 aliphatic carbocycles. The van der Waals surface area contributed by atoms with Crippen molar-refractivity contribution in [2.45, 2.75) is 38.3 Å². The van der Waals surface area contributed by atoms with E-state index in [2.05, 4.69) is 16.0 Å². The average Bonchev–Trinajstić information content (AvgIpc) is 3.30. The molecule has 0 spiro atoms. The van der Waals surface area contributed by atoms with Gasteiger partial charge in [0.15, 0.2) is 0 Å². The molecular formula is C20H21FN2OS. The van der Waals surface area contributed by atoms with Gasteiger partial charge in [-0.15, -0.1) is 11.3 Å². The van der Waals surface area contributed by atoms with Gasteiger partial charge in [0.1, 0.15) is 11.5 Å². The molecule has 4 rings (SSSR count). The van der Waals surface area contributed by atoms with Crippen molar-refractivity contribution < 1.29 is 9.18 Å². The Labute approximate surface area is 150 Å². The number of thiophene rings is 1. The zero-order valence-corrected chi connectivity index (χ0v) is 15.1. The number of hydrogen-bond acceptors (Lipinski definition) is 2. The van der Waals surface area contributed by atoms with Gasteiger partial charge in [-0.05, 0) is 48.1 Å². The number of halogens is 1. The largest absolute Gasteiger partial charge is 0.336 e. The van der Waals surface area contributed by atoms with Gasteiger partial charge in [-0.25, -0.2) is 4.39 Å². The minimum Gasteiger partial charge on any atom is -0.336 e. The number of hydrogen-bond donors (Lipinski definition) is 0. The molecular weight excluding hydrogens is 335 g/mol. The molecule has 0 radical (unpaired) electrons. The first-order valence-corrected chi connectivity index (χ1v) is 9.60. The van der Waals surface area contributed by atoms with Crippen LogP contribution in [0.15, 0.2) is 41.8 Å². The molecule has 1 aliphatic rings. The summed E-state index contributed by atoms with van der Waals surface area (Å²) in [7, 11) is 1.79. The minimum absolute atomic E-state index is 0.000406. The lowest BCUT2D eigenvalue weighted by molar-refractivity contribution is 0.0772. The van der Waals surface area contributed by atoms with Crippen molar-refractivity contribution >= 4 is 27.5 Å². The van der Waals surface area contributed by atoms with Gasteiger partial charge in [0.05, 0.1) is 10.2 Å². The molecule has 0 aliphatic heterocycles. The lowest BCUT2D eigenvalue weighted by Gasteiger charge is -2.21. The lowest BCUT2D eigenvalue weighted by Crippen LogP contribution is -2.29. The van der Waals surface area contributed by atoms with E-state index in [1.807, 2.05) is 12.1 Å². The number of rotatable bonds is 4. The Kier molecular flexibility index (Phi) is 4.34. The maximum atomic E-state index is 13.4. The summed E-state index contributed by atoms with van der Waals surface area (Å²) in [6, 6.07) is 11.0. The average molecular weight is 356 g/mol. The molecule has 0 N–H and O–H groups in total. The normalized spacial score (nSPS) is 15.1. The summed E-state index contributed by atoms with van der Waals surface area (Å²) in [5.41, 5.74) is 2.73. The fourth-order valence-corrected chi connectivity index (χ4v) is 4.65. The van der Waals surface area contributed by atoms with Gasteiger partial charge >= 0.3 is 0 Å². The van der Waals surface area contributed by atoms with Gasteiger partial charge in [-0.3, -0.25) is 4.79 Å². The Morgan fingerprint density at radius 3 is 2.84 bits per heavy atom. The van der Waals surface area contributed by atoms with E-state index >= 15 is 0 Å². The number of amides is 1. The third-order valence-corrected chi connectivity index (χ3v) is 5.88. The van der Waals surface area contributed by atoms with Gasteiger partial charge in [-0.1, -0.05) is 25.0 Å². The van der Waals surface area contributed by atoms with Crippen molar-refractivity contribution in [1.82, 2.24) is 9.47 Å². The van der Waals surface area contributed by atoms with E-state index in [9.17, 15) is 9.18 Å². The van der Waals surface area contributed by atoms with Crippen molar-refractivity contribution in [3.63, 3.8) is 0 Å². The number of nitrogens with zero attached hydrogens (tertiary/aromatic N) is 2. The molecule has 0 atom stereocenters. The quantitative estimate of drug-likeness (QED) is 0.628. The number of fused-ring (bicyclic) bond motifs is 1. The van der Waals surface area contributed by atoms with E-state index in [0.717, 1.165) is 28.8 Å². The summed E-state index contributed by atoms with van der Waals surface area (Å²) in [6.45, 7) is 0.403. The van der Waals surface area contributed by atoms with Crippen LogP contribution in [-0.4, -0.2) is 22.4 Å². The minimum atomic E-state index is -0.270. The third-order valence-electron chi connectivity index (χ3n) is 5.02. The zero-order valence-electron chi connectivity index (χ0n) is 14.2. The predicted octanol–water partition coefficient (Wildman–Crippen LogP) is 5.23. The smallest absolute Gasteiger partial charge is 0.270 e. The number of carbonyl (C=O) groups excluding carboxylic acids is 1. The third kappa shape index (κ3) is 3.09. The first kappa shape index (κ1) is 16.3. The molecule has 1 saturated carbocycles. The van der Waals surface area contributed by atoms with Crippen LogP contribution in [0.5, 0.6) is 0 Å². The van der Waals surface area contributed by atoms with Crippen LogP contribution in [-0.2, 0) is 6.54 Å². The molecule has 1 fully saturated rings. The Bertz CT molecular complexity index is 907. The molecule has 2 heterocycles. The van der Waals surface area contributed by atoms with Gasteiger partial charge in [0.25, 0.3) is 5.91 Å². The summed E-state index contributed by atoms with van der Waals surface area (Å²) in [5, 5.41) is 2.08. The molecule has 0 bridgehead atoms. The van der Waals surface area contributed by atoms with E-state index < -0.39 is 0 Å². The van der Waals surface area contributed by atoms with E-state index in [-0.39, 0.29) is 11.7 Å². The highest BCUT2D eigenvalue weighted by molar-refractivity contribution is 7.17. The van der Waals surface area contributed by atoms with Crippen LogP contribution in [0.4, 0.5) is 4.39 Å². The van der Waals surface area contributed by atoms with Crippen molar-refractivity contribution in [2.24, 2.45) is 0 Å². The van der Waals surface area contributed by atoms with Crippen LogP contribution >= 0.6 is 11.3 Å². The van der Waals surface area contributed by atoms with Crippen molar-refractivity contribution in [3.8, 4) is 0 Å². The van der Waals surface area contributed by atoms with Crippen LogP contribution in [0.25, 0.3) is 10.2 Å². The maximum Gasteiger partial charge on any atom is 0.270 e. The fraction of sp³-hybridized carbons (Fsp3) is 0.350. The molecule has 130 valence electrons. The second-order valence-electron chi connectivity index (χ2n) is 6.80. The molecule has 25 heavy (non-hydrogen) atoms. The van der Waals surface area contributed by atoms with Crippen molar-refractivity contribution in [1.29, 1.82) is 0 Å². The second kappa shape index (κ2) is 6.64. The van der Waals surface area contributed by atoms with Gasteiger partial charge < -0.3 is 9.47 Å². The van der Waals surface area contributed by atoms with Crippen LogP contribution in [0, 0.1) is 5.82 Å². The van der Waals surface area contributed by atoms with Crippen molar-refractivity contribution in [2.75, 3.05) is 7.05 Å². The molecule has 3 nitrogen and oxygen atoms in total. The summed E-state index contributed by atoms with van der Waals surface area (Å²) >= 11 is 1.68. The van der Waals surface area contributed by atoms with E-state index in [1.165, 1.54) is 30.5 Å². The predicted molar refractivity (Wildman–Crippen MR) is 99.5 cm³/mol. The highest BCUT2D eigenvalue weighted by atomic mass is 32.1. The highest BCUT2D eigenvalue weighted by Crippen LogP contribution is 2.36. The Morgan fingerprint density at radius 2 is 2.08 bits per heavy atom. The van der Waals surface area contributed by atoms with Gasteiger partial charge in [0.2, 0.25) is 0 Å². The Balaban J connectivity index is 1.65. The Morgan fingerprint density at radius 1 is 1.28 bits per heavy atom. The fourth-order valence-electron chi connectivity index (χ4n) is 3.84. The van der Waals surface area contributed by atoms with Gasteiger partial charge in [0, 0.05) is 19.6 Å². The summed E-state index contributed by atoms with van der Waals surface area (Å²) < 4.78 is 16.8. The van der Waals surface area contributed by atoms with E-state index in [1.54, 1.807) is 29.4 Å². The molecule has 0 saturated heterocycles. The van der Waals surface area contributed by atoms with Gasteiger partial charge in [-0.2, -0.15) is 0 Å². The summed E-state index contributed by atoms with van der Waals surface area (Å²) in [4.78, 5) is 14.8. The topological polar surface area (TPSA) is 25.2 Å².